The molecule has 0 saturated heterocycles. The maximum Gasteiger partial charge on any atom is 0.0464 e. The number of H-pyrrole nitrogens is 1. The molecule has 0 radical (unpaired) electrons. The molecule has 0 fully saturated rings. The van der Waals surface area contributed by atoms with Crippen LogP contribution in [0, 0.1) is 3.57 Å². The monoisotopic (exact) mass is 371 g/mol. The Morgan fingerprint density at radius 3 is 1.45 bits per heavy atom. The number of aromatic amines is 1. The Morgan fingerprint density at radius 2 is 1.00 bits per heavy atom. The van der Waals surface area contributed by atoms with E-state index in [1.807, 2.05) is 18.2 Å². The highest BCUT2D eigenvalue weighted by molar-refractivity contribution is 14.1. The van der Waals surface area contributed by atoms with Crippen LogP contribution in [0.3, 0.4) is 0 Å². The van der Waals surface area contributed by atoms with Crippen molar-refractivity contribution in [1.82, 2.24) is 4.98 Å². The standard InChI is InChI=1S/C12H9N.C6H5I/c1-3-7-11-9(5-1)10-6-2-4-8-12(10)13-11;7-6-4-2-1-3-5-6/h1-8,13H;1-5H. The van der Waals surface area contributed by atoms with Gasteiger partial charge in [-0.25, -0.2) is 0 Å². The van der Waals surface area contributed by atoms with Crippen molar-refractivity contribution in [2.24, 2.45) is 0 Å². The Balaban J connectivity index is 0.000000147. The fourth-order valence-corrected chi connectivity index (χ4v) is 2.63. The molecule has 3 aromatic carbocycles. The summed E-state index contributed by atoms with van der Waals surface area (Å²) in [6, 6.07) is 27.0. The average Bonchev–Trinajstić information content (AvgIpc) is 2.87. The van der Waals surface area contributed by atoms with E-state index in [2.05, 4.69) is 88.2 Å². The number of benzene rings is 3. The lowest BCUT2D eigenvalue weighted by molar-refractivity contribution is 1.55. The van der Waals surface area contributed by atoms with Gasteiger partial charge in [0.25, 0.3) is 0 Å². The molecule has 0 atom stereocenters. The number of hydrogen-bond donors (Lipinski definition) is 1. The average molecular weight is 371 g/mol. The molecule has 0 bridgehead atoms. The van der Waals surface area contributed by atoms with E-state index >= 15 is 0 Å². The van der Waals surface area contributed by atoms with Crippen LogP contribution < -0.4 is 0 Å². The van der Waals surface area contributed by atoms with Gasteiger partial charge in [0.1, 0.15) is 0 Å². The Bertz CT molecular complexity index is 768. The van der Waals surface area contributed by atoms with Gasteiger partial charge in [0.15, 0.2) is 0 Å². The molecule has 0 aliphatic carbocycles. The highest BCUT2D eigenvalue weighted by Gasteiger charge is 2.00. The van der Waals surface area contributed by atoms with Gasteiger partial charge in [-0.15, -0.1) is 0 Å². The second-order valence-electron chi connectivity index (χ2n) is 4.51. The molecule has 4 rings (SSSR count). The predicted octanol–water partition coefficient (Wildman–Crippen LogP) is 5.61. The first kappa shape index (κ1) is 13.2. The van der Waals surface area contributed by atoms with Gasteiger partial charge in [0.2, 0.25) is 0 Å². The molecular weight excluding hydrogens is 357 g/mol. The van der Waals surface area contributed by atoms with Crippen molar-refractivity contribution in [3.8, 4) is 0 Å². The van der Waals surface area contributed by atoms with E-state index in [0.717, 1.165) is 0 Å². The first-order valence-corrected chi connectivity index (χ1v) is 7.58. The molecular formula is C18H14IN. The number of hydrogen-bond acceptors (Lipinski definition) is 0. The minimum atomic E-state index is 1.21. The highest BCUT2D eigenvalue weighted by atomic mass is 127. The van der Waals surface area contributed by atoms with Crippen molar-refractivity contribution in [3.05, 3.63) is 82.4 Å². The third kappa shape index (κ3) is 2.85. The molecule has 1 heterocycles. The Morgan fingerprint density at radius 1 is 0.550 bits per heavy atom. The van der Waals surface area contributed by atoms with E-state index in [1.54, 1.807) is 0 Å². The summed E-state index contributed by atoms with van der Waals surface area (Å²) in [5.74, 6) is 0. The summed E-state index contributed by atoms with van der Waals surface area (Å²) in [6.07, 6.45) is 0. The summed E-state index contributed by atoms with van der Waals surface area (Å²) in [7, 11) is 0. The molecule has 0 spiro atoms. The van der Waals surface area contributed by atoms with Gasteiger partial charge < -0.3 is 4.98 Å². The maximum atomic E-state index is 3.38. The van der Waals surface area contributed by atoms with Crippen molar-refractivity contribution in [2.75, 3.05) is 0 Å². The van der Waals surface area contributed by atoms with Crippen LogP contribution in [0.15, 0.2) is 78.9 Å². The van der Waals surface area contributed by atoms with E-state index in [4.69, 9.17) is 0 Å². The molecule has 0 unspecified atom stereocenters. The van der Waals surface area contributed by atoms with Crippen LogP contribution in [0.25, 0.3) is 21.8 Å². The third-order valence-electron chi connectivity index (χ3n) is 3.15. The van der Waals surface area contributed by atoms with Crippen LogP contribution in [0.2, 0.25) is 0 Å². The normalized spacial score (nSPS) is 10.2. The lowest BCUT2D eigenvalue weighted by Gasteiger charge is -1.87. The van der Waals surface area contributed by atoms with Crippen LogP contribution in [-0.2, 0) is 0 Å². The minimum Gasteiger partial charge on any atom is -0.355 e. The quantitative estimate of drug-likeness (QED) is 0.387. The number of para-hydroxylation sites is 2. The van der Waals surface area contributed by atoms with E-state index in [0.29, 0.717) is 0 Å². The summed E-state index contributed by atoms with van der Waals surface area (Å²) in [6.45, 7) is 0. The molecule has 2 heteroatoms. The van der Waals surface area contributed by atoms with Crippen molar-refractivity contribution in [3.63, 3.8) is 0 Å². The summed E-state index contributed by atoms with van der Waals surface area (Å²) < 4.78 is 1.29. The second kappa shape index (κ2) is 6.09. The molecule has 1 nitrogen and oxygen atoms in total. The molecule has 4 aromatic rings. The van der Waals surface area contributed by atoms with E-state index in [9.17, 15) is 0 Å². The molecule has 0 aliphatic rings. The predicted molar refractivity (Wildman–Crippen MR) is 95.0 cm³/mol. The molecule has 0 aliphatic heterocycles. The van der Waals surface area contributed by atoms with Gasteiger partial charge in [-0.2, -0.15) is 0 Å². The topological polar surface area (TPSA) is 15.8 Å². The van der Waals surface area contributed by atoms with Gasteiger partial charge in [0, 0.05) is 25.4 Å². The van der Waals surface area contributed by atoms with Gasteiger partial charge >= 0.3 is 0 Å². The number of fused-ring (bicyclic) bond motifs is 3. The summed E-state index contributed by atoms with van der Waals surface area (Å²) in [4.78, 5) is 3.38. The van der Waals surface area contributed by atoms with Crippen molar-refractivity contribution in [1.29, 1.82) is 0 Å². The molecule has 0 amide bonds. The maximum absolute atomic E-state index is 3.38. The van der Waals surface area contributed by atoms with Gasteiger partial charge in [-0.1, -0.05) is 54.6 Å². The first-order valence-electron chi connectivity index (χ1n) is 6.50. The van der Waals surface area contributed by atoms with E-state index < -0.39 is 0 Å². The van der Waals surface area contributed by atoms with Crippen LogP contribution >= 0.6 is 22.6 Å². The van der Waals surface area contributed by atoms with Crippen molar-refractivity contribution in [2.45, 2.75) is 0 Å². The number of aromatic nitrogens is 1. The number of halogens is 1. The fourth-order valence-electron chi connectivity index (χ4n) is 2.21. The zero-order valence-electron chi connectivity index (χ0n) is 10.9. The number of rotatable bonds is 0. The molecule has 98 valence electrons. The van der Waals surface area contributed by atoms with Crippen LogP contribution in [0.1, 0.15) is 0 Å². The largest absolute Gasteiger partial charge is 0.355 e. The van der Waals surface area contributed by atoms with Gasteiger partial charge in [-0.05, 0) is 46.9 Å². The Hall–Kier alpha value is -1.81. The fraction of sp³-hybridized carbons (Fsp3) is 0. The Kier molecular flexibility index (Phi) is 4.02. The highest BCUT2D eigenvalue weighted by Crippen LogP contribution is 2.24. The van der Waals surface area contributed by atoms with Gasteiger partial charge in [-0.3, -0.25) is 0 Å². The van der Waals surface area contributed by atoms with E-state index in [-0.39, 0.29) is 0 Å². The molecule has 1 aromatic heterocycles. The smallest absolute Gasteiger partial charge is 0.0464 e. The Labute approximate surface area is 131 Å². The van der Waals surface area contributed by atoms with Crippen LogP contribution in [0.5, 0.6) is 0 Å². The van der Waals surface area contributed by atoms with Crippen LogP contribution in [0.4, 0.5) is 0 Å². The van der Waals surface area contributed by atoms with Crippen LogP contribution in [-0.4, -0.2) is 4.98 Å². The lowest BCUT2D eigenvalue weighted by atomic mass is 10.2. The second-order valence-corrected chi connectivity index (χ2v) is 5.76. The molecule has 20 heavy (non-hydrogen) atoms. The lowest BCUT2D eigenvalue weighted by Crippen LogP contribution is -1.62. The number of nitrogens with one attached hydrogen (secondary N) is 1. The SMILES string of the molecule is Ic1ccccc1.c1ccc2c(c1)[nH]c1ccccc12. The van der Waals surface area contributed by atoms with Crippen molar-refractivity contribution >= 4 is 44.4 Å². The van der Waals surface area contributed by atoms with E-state index in [1.165, 1.54) is 25.4 Å². The molecule has 1 N–H and O–H groups in total. The first-order chi connectivity index (χ1) is 9.84. The summed E-state index contributed by atoms with van der Waals surface area (Å²) >= 11 is 2.28. The minimum absolute atomic E-state index is 1.21. The summed E-state index contributed by atoms with van der Waals surface area (Å²) in [5, 5.41) is 2.61. The third-order valence-corrected chi connectivity index (χ3v) is 3.87. The van der Waals surface area contributed by atoms with Crippen molar-refractivity contribution < 1.29 is 0 Å². The van der Waals surface area contributed by atoms with Gasteiger partial charge in [0.05, 0.1) is 0 Å². The zero-order chi connectivity index (χ0) is 13.8. The zero-order valence-corrected chi connectivity index (χ0v) is 13.0. The summed E-state index contributed by atoms with van der Waals surface area (Å²) in [5.41, 5.74) is 2.42. The molecule has 0 saturated carbocycles.